The minimum absolute atomic E-state index is 0.0940. The van der Waals surface area contributed by atoms with Gasteiger partial charge in [-0.3, -0.25) is 4.79 Å². The first-order valence-electron chi connectivity index (χ1n) is 7.04. The molecule has 0 atom stereocenters. The van der Waals surface area contributed by atoms with Crippen molar-refractivity contribution in [3.05, 3.63) is 34.6 Å². The van der Waals surface area contributed by atoms with Crippen LogP contribution in [0.3, 0.4) is 0 Å². The zero-order chi connectivity index (χ0) is 17.2. The predicted molar refractivity (Wildman–Crippen MR) is 74.6 cm³/mol. The van der Waals surface area contributed by atoms with E-state index in [0.29, 0.717) is 30.4 Å². The van der Waals surface area contributed by atoms with Gasteiger partial charge in [0.2, 0.25) is 0 Å². The molecule has 1 aliphatic rings. The van der Waals surface area contributed by atoms with E-state index in [9.17, 15) is 27.2 Å². The minimum Gasteiger partial charge on any atom is -0.327 e. The standard InChI is InChI=1S/C15H16F4N2O2/c1-20(5-3-15(17,18)19)14(23)21-4-2-10-7-13(16)12(9-22)6-11(10)8-21/h6-7,9H,2-5,8H2,1H3. The van der Waals surface area contributed by atoms with Crippen molar-refractivity contribution in [1.82, 2.24) is 9.80 Å². The molecule has 2 rings (SSSR count). The zero-order valence-corrected chi connectivity index (χ0v) is 12.5. The molecule has 1 aliphatic heterocycles. The maximum Gasteiger partial charge on any atom is 0.390 e. The fraction of sp³-hybridized carbons (Fsp3) is 0.467. The second-order valence-corrected chi connectivity index (χ2v) is 5.50. The molecule has 0 unspecified atom stereocenters. The summed E-state index contributed by atoms with van der Waals surface area (Å²) in [5, 5.41) is 0. The molecule has 0 saturated heterocycles. The van der Waals surface area contributed by atoms with Crippen molar-refractivity contribution in [1.29, 1.82) is 0 Å². The van der Waals surface area contributed by atoms with Crippen molar-refractivity contribution >= 4 is 12.3 Å². The Morgan fingerprint density at radius 1 is 1.35 bits per heavy atom. The number of hydrogen-bond donors (Lipinski definition) is 0. The summed E-state index contributed by atoms with van der Waals surface area (Å²) in [7, 11) is 1.31. The molecular weight excluding hydrogens is 316 g/mol. The maximum atomic E-state index is 13.5. The van der Waals surface area contributed by atoms with E-state index in [4.69, 9.17) is 0 Å². The van der Waals surface area contributed by atoms with Crippen molar-refractivity contribution < 1.29 is 27.2 Å². The van der Waals surface area contributed by atoms with E-state index < -0.39 is 31.0 Å². The van der Waals surface area contributed by atoms with E-state index in [1.807, 2.05) is 0 Å². The molecule has 1 aromatic carbocycles. The summed E-state index contributed by atoms with van der Waals surface area (Å²) in [6, 6.07) is 2.14. The Morgan fingerprint density at radius 3 is 2.65 bits per heavy atom. The highest BCUT2D eigenvalue weighted by atomic mass is 19.4. The first-order chi connectivity index (χ1) is 10.7. The molecular formula is C15H16F4N2O2. The van der Waals surface area contributed by atoms with E-state index >= 15 is 0 Å². The van der Waals surface area contributed by atoms with E-state index in [0.717, 1.165) is 4.90 Å². The fourth-order valence-corrected chi connectivity index (χ4v) is 2.48. The van der Waals surface area contributed by atoms with Gasteiger partial charge in [-0.2, -0.15) is 13.2 Å². The third-order valence-electron chi connectivity index (χ3n) is 3.79. The number of rotatable bonds is 3. The molecule has 4 nitrogen and oxygen atoms in total. The zero-order valence-electron chi connectivity index (χ0n) is 12.5. The van der Waals surface area contributed by atoms with E-state index in [-0.39, 0.29) is 12.1 Å². The average Bonchev–Trinajstić information content (AvgIpc) is 2.50. The van der Waals surface area contributed by atoms with Crippen LogP contribution in [0.5, 0.6) is 0 Å². The van der Waals surface area contributed by atoms with E-state index in [2.05, 4.69) is 0 Å². The Balaban J connectivity index is 2.06. The quantitative estimate of drug-likeness (QED) is 0.631. The Hall–Kier alpha value is -2.12. The average molecular weight is 332 g/mol. The lowest BCUT2D eigenvalue weighted by molar-refractivity contribution is -0.136. The molecule has 0 aromatic heterocycles. The number of fused-ring (bicyclic) bond motifs is 1. The van der Waals surface area contributed by atoms with Crippen molar-refractivity contribution in [3.63, 3.8) is 0 Å². The molecule has 23 heavy (non-hydrogen) atoms. The molecule has 0 fully saturated rings. The Bertz CT molecular complexity index is 616. The van der Waals surface area contributed by atoms with Gasteiger partial charge in [0.25, 0.3) is 0 Å². The minimum atomic E-state index is -4.32. The van der Waals surface area contributed by atoms with Crippen LogP contribution < -0.4 is 0 Å². The van der Waals surface area contributed by atoms with Gasteiger partial charge in [-0.1, -0.05) is 0 Å². The largest absolute Gasteiger partial charge is 0.390 e. The third kappa shape index (κ3) is 4.20. The topological polar surface area (TPSA) is 40.6 Å². The fourth-order valence-electron chi connectivity index (χ4n) is 2.48. The molecule has 0 radical (unpaired) electrons. The van der Waals surface area contributed by atoms with Gasteiger partial charge in [0.1, 0.15) is 5.82 Å². The second kappa shape index (κ2) is 6.55. The smallest absolute Gasteiger partial charge is 0.327 e. The number of amides is 2. The van der Waals surface area contributed by atoms with Gasteiger partial charge < -0.3 is 9.80 Å². The van der Waals surface area contributed by atoms with Gasteiger partial charge in [0, 0.05) is 26.7 Å². The van der Waals surface area contributed by atoms with Crippen molar-refractivity contribution in [3.8, 4) is 0 Å². The summed E-state index contributed by atoms with van der Waals surface area (Å²) in [6.45, 7) is 0.0163. The first kappa shape index (κ1) is 17.2. The van der Waals surface area contributed by atoms with Crippen LogP contribution >= 0.6 is 0 Å². The number of benzene rings is 1. The number of carbonyl (C=O) groups is 2. The van der Waals surface area contributed by atoms with Gasteiger partial charge in [-0.05, 0) is 29.7 Å². The molecule has 1 heterocycles. The number of hydrogen-bond acceptors (Lipinski definition) is 2. The Kier molecular flexibility index (Phi) is 4.91. The summed E-state index contributed by atoms with van der Waals surface area (Å²) in [4.78, 5) is 25.4. The van der Waals surface area contributed by atoms with Gasteiger partial charge in [0.05, 0.1) is 12.0 Å². The van der Waals surface area contributed by atoms with Crippen molar-refractivity contribution in [2.45, 2.75) is 25.6 Å². The molecule has 1 aromatic rings. The molecule has 0 bridgehead atoms. The summed E-state index contributed by atoms with van der Waals surface area (Å²) in [6.07, 6.45) is -4.60. The summed E-state index contributed by atoms with van der Waals surface area (Å²) in [5.41, 5.74) is 1.25. The number of aldehydes is 1. The summed E-state index contributed by atoms with van der Waals surface area (Å²) >= 11 is 0. The van der Waals surface area contributed by atoms with Gasteiger partial charge >= 0.3 is 12.2 Å². The molecule has 0 N–H and O–H groups in total. The monoisotopic (exact) mass is 332 g/mol. The molecule has 2 amide bonds. The lowest BCUT2D eigenvalue weighted by atomic mass is 9.97. The number of halogens is 4. The molecule has 8 heteroatoms. The summed E-state index contributed by atoms with van der Waals surface area (Å²) in [5.74, 6) is -0.610. The van der Waals surface area contributed by atoms with Crippen molar-refractivity contribution in [2.24, 2.45) is 0 Å². The highest BCUT2D eigenvalue weighted by Crippen LogP contribution is 2.24. The third-order valence-corrected chi connectivity index (χ3v) is 3.79. The van der Waals surface area contributed by atoms with Crippen LogP contribution in [0.2, 0.25) is 0 Å². The molecule has 0 spiro atoms. The summed E-state index contributed by atoms with van der Waals surface area (Å²) < 4.78 is 50.2. The van der Waals surface area contributed by atoms with Crippen molar-refractivity contribution in [2.75, 3.05) is 20.1 Å². The second-order valence-electron chi connectivity index (χ2n) is 5.50. The molecule has 126 valence electrons. The highest BCUT2D eigenvalue weighted by Gasteiger charge is 2.30. The lowest BCUT2D eigenvalue weighted by Crippen LogP contribution is -2.44. The first-order valence-corrected chi connectivity index (χ1v) is 7.04. The van der Waals surface area contributed by atoms with Gasteiger partial charge in [-0.15, -0.1) is 0 Å². The van der Waals surface area contributed by atoms with Crippen LogP contribution in [0.15, 0.2) is 12.1 Å². The predicted octanol–water partition coefficient (Wildman–Crippen LogP) is 3.00. The van der Waals surface area contributed by atoms with Crippen LogP contribution in [0.25, 0.3) is 0 Å². The number of nitrogens with zero attached hydrogens (tertiary/aromatic N) is 2. The lowest BCUT2D eigenvalue weighted by Gasteiger charge is -2.32. The molecule has 0 aliphatic carbocycles. The van der Waals surface area contributed by atoms with Crippen LogP contribution in [-0.2, 0) is 13.0 Å². The van der Waals surface area contributed by atoms with Crippen LogP contribution in [0, 0.1) is 5.82 Å². The van der Waals surface area contributed by atoms with Gasteiger partial charge in [-0.25, -0.2) is 9.18 Å². The number of urea groups is 1. The van der Waals surface area contributed by atoms with E-state index in [1.165, 1.54) is 24.1 Å². The SMILES string of the molecule is CN(CCC(F)(F)F)C(=O)N1CCc2cc(F)c(C=O)cc2C1. The highest BCUT2D eigenvalue weighted by molar-refractivity contribution is 5.77. The van der Waals surface area contributed by atoms with Crippen LogP contribution in [0.4, 0.5) is 22.4 Å². The van der Waals surface area contributed by atoms with E-state index in [1.54, 1.807) is 0 Å². The maximum absolute atomic E-state index is 13.5. The Labute approximate surface area is 130 Å². The molecule has 0 saturated carbocycles. The van der Waals surface area contributed by atoms with Gasteiger partial charge in [0.15, 0.2) is 6.29 Å². The number of alkyl halides is 3. The van der Waals surface area contributed by atoms with Crippen LogP contribution in [-0.4, -0.2) is 48.4 Å². The number of carbonyl (C=O) groups excluding carboxylic acids is 2. The Morgan fingerprint density at radius 2 is 2.04 bits per heavy atom. The van der Waals surface area contributed by atoms with Crippen LogP contribution in [0.1, 0.15) is 27.9 Å². The normalized spacial score (nSPS) is 14.4.